The third-order valence-electron chi connectivity index (χ3n) is 7.22. The van der Waals surface area contributed by atoms with Crippen molar-refractivity contribution in [3.63, 3.8) is 0 Å². The molecule has 0 aliphatic carbocycles. The Balaban J connectivity index is 1.51. The van der Waals surface area contributed by atoms with Gasteiger partial charge in [-0.1, -0.05) is 30.3 Å². The van der Waals surface area contributed by atoms with Gasteiger partial charge in [0.15, 0.2) is 5.69 Å². The van der Waals surface area contributed by atoms with E-state index in [1.807, 2.05) is 37.4 Å². The summed E-state index contributed by atoms with van der Waals surface area (Å²) in [7, 11) is 2.84. The lowest BCUT2D eigenvalue weighted by Gasteiger charge is -2.15. The molecule has 3 aromatic heterocycles. The Bertz CT molecular complexity index is 1710. The number of aromatic nitrogens is 3. The van der Waals surface area contributed by atoms with Crippen LogP contribution in [0.25, 0.3) is 21.9 Å². The van der Waals surface area contributed by atoms with Crippen LogP contribution >= 0.6 is 0 Å². The van der Waals surface area contributed by atoms with Gasteiger partial charge in [-0.05, 0) is 55.2 Å². The number of anilines is 2. The minimum Gasteiger partial charge on any atom is -0.464 e. The van der Waals surface area contributed by atoms with Crippen LogP contribution in [0.4, 0.5) is 15.8 Å². The third kappa shape index (κ3) is 6.28. The number of ether oxygens (including phenoxy) is 2. The molecule has 3 heterocycles. The lowest BCUT2D eigenvalue weighted by molar-refractivity contribution is -0.117. The second-order valence-corrected chi connectivity index (χ2v) is 10.2. The van der Waals surface area contributed by atoms with Gasteiger partial charge in [-0.2, -0.15) is 0 Å². The zero-order valence-electron chi connectivity index (χ0n) is 23.9. The molecule has 0 saturated carbocycles. The molecule has 1 amide bonds. The van der Waals surface area contributed by atoms with Crippen LogP contribution in [0.1, 0.15) is 35.0 Å². The van der Waals surface area contributed by atoms with Crippen molar-refractivity contribution >= 4 is 45.2 Å². The third-order valence-corrected chi connectivity index (χ3v) is 7.22. The number of fused-ring (bicyclic) bond motifs is 2. The molecule has 0 aliphatic rings. The SMILES string of the molecule is COCCC(=O)Nc1c(C(=O)OC)n(CCc2c[nH]c3ccccc23)c2ncc(N[C@H](C)Cc3ccc(F)cc3)cc12. The molecular weight excluding hydrogens is 537 g/mol. The number of para-hydroxylation sites is 1. The molecule has 218 valence electrons. The quantitative estimate of drug-likeness (QED) is 0.166. The summed E-state index contributed by atoms with van der Waals surface area (Å²) in [6.45, 7) is 2.69. The van der Waals surface area contributed by atoms with Crippen molar-refractivity contribution in [2.24, 2.45) is 0 Å². The minimum absolute atomic E-state index is 0.00140. The first-order chi connectivity index (χ1) is 20.4. The number of halogens is 1. The lowest BCUT2D eigenvalue weighted by atomic mass is 10.1. The van der Waals surface area contributed by atoms with Crippen molar-refractivity contribution in [1.29, 1.82) is 0 Å². The highest BCUT2D eigenvalue weighted by Crippen LogP contribution is 2.33. The number of pyridine rings is 1. The predicted molar refractivity (Wildman–Crippen MR) is 161 cm³/mol. The molecule has 2 aromatic carbocycles. The minimum atomic E-state index is -0.576. The average Bonchev–Trinajstić information content (AvgIpc) is 3.54. The van der Waals surface area contributed by atoms with E-state index in [9.17, 15) is 14.0 Å². The van der Waals surface area contributed by atoms with Gasteiger partial charge in [-0.15, -0.1) is 0 Å². The topological polar surface area (TPSA) is 110 Å². The van der Waals surface area contributed by atoms with E-state index in [4.69, 9.17) is 14.5 Å². The first kappa shape index (κ1) is 28.8. The summed E-state index contributed by atoms with van der Waals surface area (Å²) in [5.74, 6) is -1.14. The smallest absolute Gasteiger partial charge is 0.356 e. The fraction of sp³-hybridized carbons (Fsp3) is 0.281. The number of carbonyl (C=O) groups is 2. The van der Waals surface area contributed by atoms with Crippen LogP contribution in [-0.2, 0) is 33.7 Å². The zero-order valence-corrected chi connectivity index (χ0v) is 23.9. The van der Waals surface area contributed by atoms with Crippen LogP contribution in [0.2, 0.25) is 0 Å². The van der Waals surface area contributed by atoms with Gasteiger partial charge in [-0.3, -0.25) is 4.79 Å². The number of H-pyrrole nitrogens is 1. The normalized spacial score (nSPS) is 12.0. The second-order valence-electron chi connectivity index (χ2n) is 10.2. The van der Waals surface area contributed by atoms with Gasteiger partial charge < -0.3 is 29.7 Å². The van der Waals surface area contributed by atoms with E-state index in [-0.39, 0.29) is 36.5 Å². The maximum Gasteiger partial charge on any atom is 0.356 e. The molecule has 0 spiro atoms. The molecule has 0 unspecified atom stereocenters. The number of rotatable bonds is 12. The predicted octanol–water partition coefficient (Wildman–Crippen LogP) is 5.70. The summed E-state index contributed by atoms with van der Waals surface area (Å²) in [5, 5.41) is 8.08. The maximum absolute atomic E-state index is 13.3. The molecule has 5 aromatic rings. The highest BCUT2D eigenvalue weighted by molar-refractivity contribution is 6.11. The Morgan fingerprint density at radius 2 is 1.88 bits per heavy atom. The molecule has 0 fully saturated rings. The van der Waals surface area contributed by atoms with E-state index in [0.717, 1.165) is 27.7 Å². The molecule has 0 saturated heterocycles. The van der Waals surface area contributed by atoms with Crippen LogP contribution < -0.4 is 10.6 Å². The summed E-state index contributed by atoms with van der Waals surface area (Å²) >= 11 is 0. The zero-order chi connectivity index (χ0) is 29.6. The van der Waals surface area contributed by atoms with Crippen LogP contribution in [0, 0.1) is 5.82 Å². The van der Waals surface area contributed by atoms with E-state index >= 15 is 0 Å². The molecule has 42 heavy (non-hydrogen) atoms. The number of carbonyl (C=O) groups excluding carboxylic acids is 2. The Morgan fingerprint density at radius 1 is 1.10 bits per heavy atom. The van der Waals surface area contributed by atoms with Crippen molar-refractivity contribution in [1.82, 2.24) is 14.5 Å². The molecular formula is C32H34FN5O4. The monoisotopic (exact) mass is 571 g/mol. The molecule has 0 radical (unpaired) electrons. The number of esters is 1. The number of aromatic amines is 1. The van der Waals surface area contributed by atoms with Crippen molar-refractivity contribution in [2.75, 3.05) is 31.5 Å². The Morgan fingerprint density at radius 3 is 2.64 bits per heavy atom. The number of benzene rings is 2. The first-order valence-electron chi connectivity index (χ1n) is 13.8. The van der Waals surface area contributed by atoms with Crippen molar-refractivity contribution < 1.29 is 23.5 Å². The summed E-state index contributed by atoms with van der Waals surface area (Å²) in [6.07, 6.45) is 5.09. The first-order valence-corrected chi connectivity index (χ1v) is 13.8. The molecule has 5 rings (SSSR count). The van der Waals surface area contributed by atoms with Crippen molar-refractivity contribution in [3.8, 4) is 0 Å². The van der Waals surface area contributed by atoms with Gasteiger partial charge >= 0.3 is 5.97 Å². The standard InChI is InChI=1S/C32H34FN5O4/c1-20(16-21-8-10-23(33)11-9-21)36-24-17-26-29(37-28(39)13-15-41-2)30(32(40)42-3)38(31(26)35-19-24)14-12-22-18-34-27-7-5-4-6-25(22)27/h4-11,17-20,34,36H,12-16H2,1-3H3,(H,37,39)/t20-/m1/s1. The van der Waals surface area contributed by atoms with Gasteiger partial charge in [0.2, 0.25) is 5.91 Å². The molecule has 9 nitrogen and oxygen atoms in total. The fourth-order valence-corrected chi connectivity index (χ4v) is 5.23. The summed E-state index contributed by atoms with van der Waals surface area (Å²) < 4.78 is 25.4. The molecule has 1 atom stereocenters. The molecule has 3 N–H and O–H groups in total. The van der Waals surface area contributed by atoms with E-state index < -0.39 is 5.97 Å². The summed E-state index contributed by atoms with van der Waals surface area (Å²) in [5.41, 5.74) is 4.97. The van der Waals surface area contributed by atoms with Crippen molar-refractivity contribution in [2.45, 2.75) is 38.8 Å². The van der Waals surface area contributed by atoms with Gasteiger partial charge in [0, 0.05) is 42.2 Å². The number of hydrogen-bond donors (Lipinski definition) is 3. The van der Waals surface area contributed by atoms with Gasteiger partial charge in [0.25, 0.3) is 0 Å². The largest absolute Gasteiger partial charge is 0.464 e. The molecule has 10 heteroatoms. The van der Waals surface area contributed by atoms with Crippen LogP contribution in [-0.4, -0.2) is 53.3 Å². The van der Waals surface area contributed by atoms with Crippen LogP contribution in [0.3, 0.4) is 0 Å². The van der Waals surface area contributed by atoms with Gasteiger partial charge in [0.1, 0.15) is 11.5 Å². The van der Waals surface area contributed by atoms with E-state index in [1.54, 1.807) is 22.9 Å². The highest BCUT2D eigenvalue weighted by Gasteiger charge is 2.26. The number of nitrogens with zero attached hydrogens (tertiary/aromatic N) is 2. The maximum atomic E-state index is 13.3. The number of amides is 1. The fourth-order valence-electron chi connectivity index (χ4n) is 5.23. The lowest BCUT2D eigenvalue weighted by Crippen LogP contribution is -2.18. The van der Waals surface area contributed by atoms with Gasteiger partial charge in [-0.25, -0.2) is 14.2 Å². The number of nitrogens with one attached hydrogen (secondary N) is 3. The summed E-state index contributed by atoms with van der Waals surface area (Å²) in [4.78, 5) is 34.1. The molecule has 0 aliphatic heterocycles. The Hall–Kier alpha value is -4.70. The van der Waals surface area contributed by atoms with E-state index in [0.29, 0.717) is 36.1 Å². The van der Waals surface area contributed by atoms with E-state index in [1.165, 1.54) is 26.4 Å². The Labute approximate surface area is 243 Å². The van der Waals surface area contributed by atoms with Crippen molar-refractivity contribution in [3.05, 3.63) is 89.6 Å². The summed E-state index contributed by atoms with van der Waals surface area (Å²) in [6, 6.07) is 16.3. The highest BCUT2D eigenvalue weighted by atomic mass is 19.1. The number of aryl methyl sites for hydroxylation is 2. The van der Waals surface area contributed by atoms with Crippen LogP contribution in [0.5, 0.6) is 0 Å². The molecule has 0 bridgehead atoms. The average molecular weight is 572 g/mol. The Kier molecular flexibility index (Phi) is 8.83. The van der Waals surface area contributed by atoms with E-state index in [2.05, 4.69) is 21.7 Å². The number of methoxy groups -OCH3 is 2. The van der Waals surface area contributed by atoms with Crippen LogP contribution in [0.15, 0.2) is 67.0 Å². The number of hydrogen-bond acceptors (Lipinski definition) is 6. The second kappa shape index (κ2) is 12.9. The van der Waals surface area contributed by atoms with Gasteiger partial charge in [0.05, 0.1) is 37.7 Å².